The summed E-state index contributed by atoms with van der Waals surface area (Å²) in [5.74, 6) is 0.295. The van der Waals surface area contributed by atoms with Gasteiger partial charge in [0.2, 0.25) is 5.88 Å². The Morgan fingerprint density at radius 2 is 2.29 bits per heavy atom. The Balaban J connectivity index is 3.02. The number of aliphatic hydroxyl groups is 1. The molecule has 0 aromatic carbocycles. The number of hydrogen-bond donors (Lipinski definition) is 1. The molecule has 1 unspecified atom stereocenters. The molecule has 80 valence electrons. The van der Waals surface area contributed by atoms with E-state index in [0.717, 1.165) is 0 Å². The van der Waals surface area contributed by atoms with E-state index in [1.54, 1.807) is 4.90 Å². The highest BCUT2D eigenvalue weighted by Gasteiger charge is 2.19. The minimum absolute atomic E-state index is 0.295. The van der Waals surface area contributed by atoms with Crippen molar-refractivity contribution < 1.29 is 14.2 Å². The van der Waals surface area contributed by atoms with Crippen molar-refractivity contribution in [1.82, 2.24) is 4.98 Å². The molecule has 0 aliphatic heterocycles. The lowest BCUT2D eigenvalue weighted by Crippen LogP contribution is -2.07. The summed E-state index contributed by atoms with van der Waals surface area (Å²) in [6.07, 6.45) is -1.14. The molecule has 1 aromatic rings. The van der Waals surface area contributed by atoms with Crippen molar-refractivity contribution in [3.8, 4) is 5.88 Å². The predicted molar refractivity (Wildman–Crippen MR) is 53.9 cm³/mol. The molecule has 0 aliphatic carbocycles. The number of nitrogens with zero attached hydrogens (tertiary/aromatic N) is 2. The first-order valence-electron chi connectivity index (χ1n) is 4.06. The zero-order valence-electron chi connectivity index (χ0n) is 8.32. The highest BCUT2D eigenvalue weighted by atomic mass is 32.1. The fourth-order valence-corrected chi connectivity index (χ4v) is 1.85. The van der Waals surface area contributed by atoms with Crippen LogP contribution in [0.3, 0.4) is 0 Å². The number of thiazole rings is 1. The van der Waals surface area contributed by atoms with Crippen LogP contribution >= 0.6 is 11.3 Å². The number of halogens is 1. The SMILES string of the molecule is COc1nc(N(C)C)sc1C(O)CF. The van der Waals surface area contributed by atoms with Crippen molar-refractivity contribution >= 4 is 16.5 Å². The number of anilines is 1. The van der Waals surface area contributed by atoms with Gasteiger partial charge in [0.05, 0.1) is 7.11 Å². The van der Waals surface area contributed by atoms with Crippen LogP contribution < -0.4 is 9.64 Å². The Bertz CT molecular complexity index is 304. The second-order valence-electron chi connectivity index (χ2n) is 2.93. The van der Waals surface area contributed by atoms with Gasteiger partial charge in [-0.2, -0.15) is 4.98 Å². The fraction of sp³-hybridized carbons (Fsp3) is 0.625. The molecule has 4 nitrogen and oxygen atoms in total. The molecule has 0 saturated carbocycles. The van der Waals surface area contributed by atoms with Crippen LogP contribution in [0.2, 0.25) is 0 Å². The zero-order valence-corrected chi connectivity index (χ0v) is 9.14. The van der Waals surface area contributed by atoms with Crippen molar-refractivity contribution in [2.45, 2.75) is 6.10 Å². The molecule has 1 heterocycles. The molecule has 1 atom stereocenters. The number of methoxy groups -OCH3 is 1. The molecule has 1 rings (SSSR count). The molecule has 0 saturated heterocycles. The van der Waals surface area contributed by atoms with Gasteiger partial charge in [0.25, 0.3) is 0 Å². The molecule has 1 N–H and O–H groups in total. The van der Waals surface area contributed by atoms with E-state index >= 15 is 0 Å². The third-order valence-electron chi connectivity index (χ3n) is 1.63. The smallest absolute Gasteiger partial charge is 0.232 e. The molecule has 6 heteroatoms. The molecule has 0 amide bonds. The Labute approximate surface area is 85.9 Å². The summed E-state index contributed by atoms with van der Waals surface area (Å²) >= 11 is 1.22. The summed E-state index contributed by atoms with van der Waals surface area (Å²) < 4.78 is 17.2. The van der Waals surface area contributed by atoms with Crippen molar-refractivity contribution in [2.24, 2.45) is 0 Å². The highest BCUT2D eigenvalue weighted by molar-refractivity contribution is 7.16. The first kappa shape index (κ1) is 11.2. The van der Waals surface area contributed by atoms with Gasteiger partial charge in [-0.25, -0.2) is 4.39 Å². The minimum atomic E-state index is -1.14. The van der Waals surface area contributed by atoms with Gasteiger partial charge in [-0.3, -0.25) is 0 Å². The average Bonchev–Trinajstić information content (AvgIpc) is 2.60. The lowest BCUT2D eigenvalue weighted by Gasteiger charge is -2.05. The molecule has 0 spiro atoms. The molecule has 0 fully saturated rings. The van der Waals surface area contributed by atoms with Crippen LogP contribution in [0.25, 0.3) is 0 Å². The summed E-state index contributed by atoms with van der Waals surface area (Å²) in [7, 11) is 5.09. The van der Waals surface area contributed by atoms with E-state index in [4.69, 9.17) is 4.74 Å². The number of alkyl halides is 1. The number of aliphatic hydroxyl groups excluding tert-OH is 1. The van der Waals surface area contributed by atoms with E-state index in [0.29, 0.717) is 15.9 Å². The number of hydrogen-bond acceptors (Lipinski definition) is 5. The van der Waals surface area contributed by atoms with E-state index in [-0.39, 0.29) is 0 Å². The van der Waals surface area contributed by atoms with Crippen molar-refractivity contribution in [1.29, 1.82) is 0 Å². The van der Waals surface area contributed by atoms with Crippen LogP contribution in [-0.2, 0) is 0 Å². The Kier molecular flexibility index (Phi) is 3.65. The lowest BCUT2D eigenvalue weighted by molar-refractivity contribution is 0.141. The lowest BCUT2D eigenvalue weighted by atomic mass is 10.3. The quantitative estimate of drug-likeness (QED) is 0.828. The van der Waals surface area contributed by atoms with Gasteiger partial charge in [0, 0.05) is 14.1 Å². The normalized spacial score (nSPS) is 12.6. The maximum absolute atomic E-state index is 12.3. The van der Waals surface area contributed by atoms with E-state index in [1.165, 1.54) is 18.4 Å². The summed E-state index contributed by atoms with van der Waals surface area (Å²) in [6, 6.07) is 0. The summed E-state index contributed by atoms with van der Waals surface area (Å²) in [6.45, 7) is -0.828. The van der Waals surface area contributed by atoms with Crippen LogP contribution in [0.1, 0.15) is 11.0 Å². The van der Waals surface area contributed by atoms with E-state index in [1.807, 2.05) is 14.1 Å². The van der Waals surface area contributed by atoms with Gasteiger partial charge in [0.15, 0.2) is 5.13 Å². The van der Waals surface area contributed by atoms with Crippen LogP contribution in [0.15, 0.2) is 0 Å². The van der Waals surface area contributed by atoms with Gasteiger partial charge < -0.3 is 14.7 Å². The Morgan fingerprint density at radius 1 is 1.64 bits per heavy atom. The van der Waals surface area contributed by atoms with Gasteiger partial charge in [-0.05, 0) is 0 Å². The summed E-state index contributed by atoms with van der Waals surface area (Å²) in [4.78, 5) is 6.30. The maximum Gasteiger partial charge on any atom is 0.232 e. The first-order chi connectivity index (χ1) is 6.60. The van der Waals surface area contributed by atoms with Crippen molar-refractivity contribution in [2.75, 3.05) is 32.8 Å². The van der Waals surface area contributed by atoms with Crippen molar-refractivity contribution in [3.05, 3.63) is 4.88 Å². The molecular formula is C8H13FN2O2S. The van der Waals surface area contributed by atoms with E-state index in [2.05, 4.69) is 4.98 Å². The van der Waals surface area contributed by atoms with Gasteiger partial charge >= 0.3 is 0 Å². The minimum Gasteiger partial charge on any atom is -0.480 e. The zero-order chi connectivity index (χ0) is 10.7. The average molecular weight is 220 g/mol. The standard InChI is InChI=1S/C8H13FN2O2S/c1-11(2)8-10-7(13-3)6(14-8)5(12)4-9/h5,12H,4H2,1-3H3. The molecule has 0 bridgehead atoms. The predicted octanol–water partition coefficient (Wildman–Crippen LogP) is 1.22. The Morgan fingerprint density at radius 3 is 2.71 bits per heavy atom. The van der Waals surface area contributed by atoms with E-state index in [9.17, 15) is 9.50 Å². The van der Waals surface area contributed by atoms with E-state index < -0.39 is 12.8 Å². The molecule has 14 heavy (non-hydrogen) atoms. The summed E-state index contributed by atoms with van der Waals surface area (Å²) in [5.41, 5.74) is 0. The van der Waals surface area contributed by atoms with Crippen LogP contribution in [0.4, 0.5) is 9.52 Å². The second kappa shape index (κ2) is 4.56. The fourth-order valence-electron chi connectivity index (χ4n) is 0.925. The molecule has 0 radical (unpaired) electrons. The largest absolute Gasteiger partial charge is 0.480 e. The second-order valence-corrected chi connectivity index (χ2v) is 3.94. The van der Waals surface area contributed by atoms with Gasteiger partial charge in [-0.15, -0.1) is 0 Å². The van der Waals surface area contributed by atoms with Gasteiger partial charge in [-0.1, -0.05) is 11.3 Å². The monoisotopic (exact) mass is 220 g/mol. The molecular weight excluding hydrogens is 207 g/mol. The number of aromatic nitrogens is 1. The van der Waals surface area contributed by atoms with Crippen LogP contribution in [-0.4, -0.2) is 38.0 Å². The molecule has 1 aromatic heterocycles. The van der Waals surface area contributed by atoms with Gasteiger partial charge in [0.1, 0.15) is 17.7 Å². The van der Waals surface area contributed by atoms with Crippen molar-refractivity contribution in [3.63, 3.8) is 0 Å². The third kappa shape index (κ3) is 2.13. The topological polar surface area (TPSA) is 45.6 Å². The first-order valence-corrected chi connectivity index (χ1v) is 4.87. The number of ether oxygens (including phenoxy) is 1. The highest BCUT2D eigenvalue weighted by Crippen LogP contribution is 2.35. The third-order valence-corrected chi connectivity index (χ3v) is 2.94. The maximum atomic E-state index is 12.3. The van der Waals surface area contributed by atoms with Crippen LogP contribution in [0.5, 0.6) is 5.88 Å². The Hall–Kier alpha value is -0.880. The number of rotatable bonds is 4. The summed E-state index contributed by atoms with van der Waals surface area (Å²) in [5, 5.41) is 10.0. The molecule has 0 aliphatic rings. The van der Waals surface area contributed by atoms with Crippen LogP contribution in [0, 0.1) is 0 Å².